The summed E-state index contributed by atoms with van der Waals surface area (Å²) in [6.45, 7) is 2.86. The van der Waals surface area contributed by atoms with E-state index in [1.54, 1.807) is 25.1 Å². The smallest absolute Gasteiger partial charge is 0.165 e. The van der Waals surface area contributed by atoms with Crippen LogP contribution in [0.4, 0.5) is 0 Å². The van der Waals surface area contributed by atoms with Gasteiger partial charge in [-0.25, -0.2) is 4.98 Å². The van der Waals surface area contributed by atoms with Gasteiger partial charge in [-0.05, 0) is 0 Å². The first-order chi connectivity index (χ1) is 5.33. The molecule has 0 fully saturated rings. The molecule has 1 heterocycles. The van der Waals surface area contributed by atoms with E-state index in [0.29, 0.717) is 5.25 Å². The molecule has 0 spiro atoms. The van der Waals surface area contributed by atoms with Crippen LogP contribution >= 0.6 is 11.8 Å². The Labute approximate surface area is 70.6 Å². The number of ether oxygens (including phenoxy) is 1. The number of methoxy groups -OCH3 is 1. The first-order valence-corrected chi connectivity index (χ1v) is 4.36. The van der Waals surface area contributed by atoms with Crippen LogP contribution in [0.2, 0.25) is 0 Å². The third kappa shape index (κ3) is 2.95. The van der Waals surface area contributed by atoms with Crippen molar-refractivity contribution >= 4 is 11.8 Å². The van der Waals surface area contributed by atoms with Crippen LogP contribution in [0.15, 0.2) is 17.6 Å². The molecule has 1 aromatic heterocycles. The number of aromatic amines is 1. The summed E-state index contributed by atoms with van der Waals surface area (Å²) in [4.78, 5) is 7.11. The van der Waals surface area contributed by atoms with Gasteiger partial charge < -0.3 is 9.72 Å². The molecule has 0 aliphatic carbocycles. The van der Waals surface area contributed by atoms with Gasteiger partial charge in [-0.2, -0.15) is 0 Å². The topological polar surface area (TPSA) is 37.9 Å². The minimum atomic E-state index is 0.450. The van der Waals surface area contributed by atoms with Crippen LogP contribution in [0, 0.1) is 0 Å². The fraction of sp³-hybridized carbons (Fsp3) is 0.571. The third-order valence-electron chi connectivity index (χ3n) is 1.19. The van der Waals surface area contributed by atoms with E-state index in [-0.39, 0.29) is 0 Å². The number of H-pyrrole nitrogens is 1. The van der Waals surface area contributed by atoms with Gasteiger partial charge in [0.15, 0.2) is 5.16 Å². The molecule has 0 saturated carbocycles. The van der Waals surface area contributed by atoms with E-state index in [9.17, 15) is 0 Å². The maximum atomic E-state index is 4.99. The van der Waals surface area contributed by atoms with Crippen molar-refractivity contribution in [3.8, 4) is 0 Å². The van der Waals surface area contributed by atoms with E-state index in [1.807, 2.05) is 6.20 Å². The number of rotatable bonds is 4. The highest BCUT2D eigenvalue weighted by atomic mass is 32.2. The maximum Gasteiger partial charge on any atom is 0.165 e. The summed E-state index contributed by atoms with van der Waals surface area (Å²) < 4.78 is 4.99. The Morgan fingerprint density at radius 3 is 3.18 bits per heavy atom. The number of hydrogen-bond donors (Lipinski definition) is 1. The van der Waals surface area contributed by atoms with E-state index in [2.05, 4.69) is 16.9 Å². The zero-order valence-electron chi connectivity index (χ0n) is 6.70. The van der Waals surface area contributed by atoms with Crippen molar-refractivity contribution in [2.24, 2.45) is 0 Å². The number of thioether (sulfide) groups is 1. The third-order valence-corrected chi connectivity index (χ3v) is 2.17. The summed E-state index contributed by atoms with van der Waals surface area (Å²) in [5.74, 6) is 0. The summed E-state index contributed by atoms with van der Waals surface area (Å²) in [6, 6.07) is 0. The van der Waals surface area contributed by atoms with Gasteiger partial charge in [0.2, 0.25) is 0 Å². The molecule has 0 saturated heterocycles. The second-order valence-electron chi connectivity index (χ2n) is 2.28. The summed E-state index contributed by atoms with van der Waals surface area (Å²) >= 11 is 1.68. The Bertz CT molecular complexity index is 188. The Balaban J connectivity index is 2.31. The molecule has 0 aliphatic rings. The number of hydrogen-bond acceptors (Lipinski definition) is 3. The van der Waals surface area contributed by atoms with E-state index < -0.39 is 0 Å². The molecule has 1 unspecified atom stereocenters. The van der Waals surface area contributed by atoms with Crippen LogP contribution in [0.3, 0.4) is 0 Å². The van der Waals surface area contributed by atoms with E-state index in [1.165, 1.54) is 0 Å². The van der Waals surface area contributed by atoms with Crippen LogP contribution in [-0.2, 0) is 4.74 Å². The lowest BCUT2D eigenvalue weighted by molar-refractivity contribution is 0.203. The molecule has 62 valence electrons. The van der Waals surface area contributed by atoms with Gasteiger partial charge in [-0.1, -0.05) is 18.7 Å². The molecule has 0 bridgehead atoms. The van der Waals surface area contributed by atoms with Gasteiger partial charge in [-0.15, -0.1) is 0 Å². The largest absolute Gasteiger partial charge is 0.384 e. The van der Waals surface area contributed by atoms with Crippen LogP contribution in [-0.4, -0.2) is 28.9 Å². The van der Waals surface area contributed by atoms with Crippen molar-refractivity contribution in [2.45, 2.75) is 17.3 Å². The quantitative estimate of drug-likeness (QED) is 0.700. The maximum absolute atomic E-state index is 4.99. The van der Waals surface area contributed by atoms with Crippen molar-refractivity contribution in [1.29, 1.82) is 0 Å². The van der Waals surface area contributed by atoms with Crippen molar-refractivity contribution < 1.29 is 4.74 Å². The Morgan fingerprint density at radius 1 is 1.82 bits per heavy atom. The zero-order valence-corrected chi connectivity index (χ0v) is 7.52. The second kappa shape index (κ2) is 4.41. The molecular formula is C7H12N2OS. The fourth-order valence-corrected chi connectivity index (χ4v) is 1.62. The minimum Gasteiger partial charge on any atom is -0.384 e. The average molecular weight is 172 g/mol. The lowest BCUT2D eigenvalue weighted by Crippen LogP contribution is -2.05. The van der Waals surface area contributed by atoms with Gasteiger partial charge in [0.25, 0.3) is 0 Å². The molecule has 0 aromatic carbocycles. The van der Waals surface area contributed by atoms with Gasteiger partial charge in [0, 0.05) is 24.8 Å². The standard InChI is InChI=1S/C7H12N2OS/c1-6(5-10-2)11-7-8-3-4-9-7/h3-4,6H,5H2,1-2H3,(H,8,9). The zero-order chi connectivity index (χ0) is 8.10. The first-order valence-electron chi connectivity index (χ1n) is 3.48. The van der Waals surface area contributed by atoms with Crippen LogP contribution in [0.5, 0.6) is 0 Å². The monoisotopic (exact) mass is 172 g/mol. The predicted molar refractivity (Wildman–Crippen MR) is 45.8 cm³/mol. The van der Waals surface area contributed by atoms with E-state index in [0.717, 1.165) is 11.8 Å². The lowest BCUT2D eigenvalue weighted by atomic mass is 10.5. The van der Waals surface area contributed by atoms with Crippen molar-refractivity contribution in [3.05, 3.63) is 12.4 Å². The molecule has 1 atom stereocenters. The second-order valence-corrected chi connectivity index (χ2v) is 3.71. The number of nitrogens with one attached hydrogen (secondary N) is 1. The van der Waals surface area contributed by atoms with Gasteiger partial charge in [0.1, 0.15) is 0 Å². The molecular weight excluding hydrogens is 160 g/mol. The van der Waals surface area contributed by atoms with Crippen LogP contribution in [0.1, 0.15) is 6.92 Å². The summed E-state index contributed by atoms with van der Waals surface area (Å²) in [5.41, 5.74) is 0. The SMILES string of the molecule is COCC(C)Sc1ncc[nH]1. The Hall–Kier alpha value is -0.480. The molecule has 0 amide bonds. The van der Waals surface area contributed by atoms with Gasteiger partial charge in [0.05, 0.1) is 6.61 Å². The molecule has 1 N–H and O–H groups in total. The van der Waals surface area contributed by atoms with Gasteiger partial charge in [-0.3, -0.25) is 0 Å². The Kier molecular flexibility index (Phi) is 3.45. The summed E-state index contributed by atoms with van der Waals surface area (Å²) in [6.07, 6.45) is 3.57. The number of nitrogens with zero attached hydrogens (tertiary/aromatic N) is 1. The van der Waals surface area contributed by atoms with Crippen molar-refractivity contribution in [1.82, 2.24) is 9.97 Å². The normalized spacial score (nSPS) is 13.3. The highest BCUT2D eigenvalue weighted by Crippen LogP contribution is 2.18. The Morgan fingerprint density at radius 2 is 2.64 bits per heavy atom. The van der Waals surface area contributed by atoms with E-state index in [4.69, 9.17) is 4.74 Å². The average Bonchev–Trinajstić information content (AvgIpc) is 2.40. The minimum absolute atomic E-state index is 0.450. The predicted octanol–water partition coefficient (Wildman–Crippen LogP) is 1.54. The van der Waals surface area contributed by atoms with Crippen LogP contribution < -0.4 is 0 Å². The highest BCUT2D eigenvalue weighted by molar-refractivity contribution is 7.99. The summed E-state index contributed by atoms with van der Waals surface area (Å²) in [7, 11) is 1.71. The van der Waals surface area contributed by atoms with Crippen LogP contribution in [0.25, 0.3) is 0 Å². The molecule has 4 heteroatoms. The first kappa shape index (κ1) is 8.62. The molecule has 1 aromatic rings. The number of imidazole rings is 1. The number of aromatic nitrogens is 2. The highest BCUT2D eigenvalue weighted by Gasteiger charge is 2.04. The molecule has 1 rings (SSSR count). The summed E-state index contributed by atoms with van der Waals surface area (Å²) in [5, 5.41) is 1.40. The van der Waals surface area contributed by atoms with E-state index >= 15 is 0 Å². The molecule has 0 aliphatic heterocycles. The molecule has 3 nitrogen and oxygen atoms in total. The lowest BCUT2D eigenvalue weighted by Gasteiger charge is -2.06. The van der Waals surface area contributed by atoms with Crippen molar-refractivity contribution in [2.75, 3.05) is 13.7 Å². The molecule has 11 heavy (non-hydrogen) atoms. The van der Waals surface area contributed by atoms with Crippen molar-refractivity contribution in [3.63, 3.8) is 0 Å². The van der Waals surface area contributed by atoms with Gasteiger partial charge >= 0.3 is 0 Å². The fourth-order valence-electron chi connectivity index (χ4n) is 0.775. The molecule has 0 radical (unpaired) electrons.